The maximum atomic E-state index is 12.7. The first-order valence-electron chi connectivity index (χ1n) is 10.0. The molecule has 2 N–H and O–H groups in total. The summed E-state index contributed by atoms with van der Waals surface area (Å²) in [5, 5.41) is 6.93. The van der Waals surface area contributed by atoms with E-state index in [1.807, 2.05) is 6.92 Å². The normalized spacial score (nSPS) is 28.5. The second-order valence-electron chi connectivity index (χ2n) is 7.55. The first-order chi connectivity index (χ1) is 13.8. The molecule has 0 aromatic heterocycles. The lowest BCUT2D eigenvalue weighted by Crippen LogP contribution is -2.47. The molecule has 2 aliphatic carbocycles. The SMILES string of the molecule is CCS(=O)C1CCCC(NC(=NC)NC2CC2c2ccccc2OC(F)(F)F)C1. The number of benzene rings is 1. The molecule has 0 heterocycles. The van der Waals surface area contributed by atoms with Gasteiger partial charge in [0.05, 0.1) is 0 Å². The molecule has 0 radical (unpaired) electrons. The van der Waals surface area contributed by atoms with Crippen LogP contribution in [0.25, 0.3) is 0 Å². The highest BCUT2D eigenvalue weighted by atomic mass is 32.2. The van der Waals surface area contributed by atoms with Gasteiger partial charge in [-0.2, -0.15) is 0 Å². The molecule has 5 atom stereocenters. The van der Waals surface area contributed by atoms with Crippen LogP contribution in [0.2, 0.25) is 0 Å². The van der Waals surface area contributed by atoms with Crippen LogP contribution in [-0.2, 0) is 10.8 Å². The van der Waals surface area contributed by atoms with Crippen LogP contribution in [0.5, 0.6) is 5.75 Å². The molecule has 0 bridgehead atoms. The Bertz CT molecular complexity index is 757. The smallest absolute Gasteiger partial charge is 0.405 e. The standard InChI is InChI=1S/C20H28F3N3O2S/c1-3-29(27)14-8-6-7-13(11-14)25-19(24-2)26-17-12-16(17)15-9-4-5-10-18(15)28-20(21,22)23/h4-5,9-10,13-14,16-17H,3,6-8,11-12H2,1-2H3,(H2,24,25,26). The summed E-state index contributed by atoms with van der Waals surface area (Å²) in [4.78, 5) is 4.27. The molecule has 9 heteroatoms. The number of guanidine groups is 1. The molecule has 0 saturated heterocycles. The summed E-state index contributed by atoms with van der Waals surface area (Å²) >= 11 is 0. The minimum atomic E-state index is -4.71. The van der Waals surface area contributed by atoms with Gasteiger partial charge in [-0.15, -0.1) is 13.2 Å². The van der Waals surface area contributed by atoms with Crippen molar-refractivity contribution in [2.24, 2.45) is 4.99 Å². The Morgan fingerprint density at radius 1 is 1.24 bits per heavy atom. The van der Waals surface area contributed by atoms with E-state index in [1.54, 1.807) is 19.2 Å². The highest BCUT2D eigenvalue weighted by Gasteiger charge is 2.42. The van der Waals surface area contributed by atoms with Crippen LogP contribution in [0, 0.1) is 0 Å². The first kappa shape index (κ1) is 21.9. The van der Waals surface area contributed by atoms with Gasteiger partial charge >= 0.3 is 6.36 Å². The van der Waals surface area contributed by atoms with E-state index < -0.39 is 17.2 Å². The Kier molecular flexibility index (Phi) is 7.08. The third-order valence-electron chi connectivity index (χ3n) is 5.50. The van der Waals surface area contributed by atoms with Crippen molar-refractivity contribution < 1.29 is 22.1 Å². The average Bonchev–Trinajstić information content (AvgIpc) is 3.45. The molecule has 2 aliphatic rings. The van der Waals surface area contributed by atoms with Crippen molar-refractivity contribution in [2.45, 2.75) is 68.6 Å². The molecule has 0 spiro atoms. The fraction of sp³-hybridized carbons (Fsp3) is 0.650. The third-order valence-corrected chi connectivity index (χ3v) is 7.24. The molecule has 3 rings (SSSR count). The number of hydrogen-bond donors (Lipinski definition) is 2. The molecular formula is C20H28F3N3O2S. The summed E-state index contributed by atoms with van der Waals surface area (Å²) < 4.78 is 54.3. The number of nitrogens with zero attached hydrogens (tertiary/aromatic N) is 1. The zero-order valence-corrected chi connectivity index (χ0v) is 17.5. The van der Waals surface area contributed by atoms with Crippen molar-refractivity contribution >= 4 is 16.8 Å². The van der Waals surface area contributed by atoms with Gasteiger partial charge in [0.15, 0.2) is 5.96 Å². The average molecular weight is 432 g/mol. The third kappa shape index (κ3) is 6.10. The monoisotopic (exact) mass is 431 g/mol. The van der Waals surface area contributed by atoms with E-state index in [0.717, 1.165) is 25.7 Å². The van der Waals surface area contributed by atoms with E-state index in [0.29, 0.717) is 23.7 Å². The number of alkyl halides is 3. The van der Waals surface area contributed by atoms with Crippen LogP contribution in [0.3, 0.4) is 0 Å². The second-order valence-corrected chi connectivity index (χ2v) is 9.56. The highest BCUT2D eigenvalue weighted by molar-refractivity contribution is 7.85. The molecule has 29 heavy (non-hydrogen) atoms. The molecule has 1 aromatic carbocycles. The van der Waals surface area contributed by atoms with Gasteiger partial charge < -0.3 is 15.4 Å². The molecular weight excluding hydrogens is 403 g/mol. The van der Waals surface area contributed by atoms with E-state index in [9.17, 15) is 17.4 Å². The van der Waals surface area contributed by atoms with E-state index >= 15 is 0 Å². The van der Waals surface area contributed by atoms with Gasteiger partial charge in [-0.3, -0.25) is 9.20 Å². The molecule has 1 aromatic rings. The zero-order valence-electron chi connectivity index (χ0n) is 16.7. The molecule has 2 saturated carbocycles. The van der Waals surface area contributed by atoms with Crippen molar-refractivity contribution in [1.82, 2.24) is 10.6 Å². The summed E-state index contributed by atoms with van der Waals surface area (Å²) in [6, 6.07) is 6.49. The van der Waals surface area contributed by atoms with Gasteiger partial charge in [-0.25, -0.2) is 0 Å². The molecule has 0 aliphatic heterocycles. The van der Waals surface area contributed by atoms with Crippen LogP contribution >= 0.6 is 0 Å². The van der Waals surface area contributed by atoms with Crippen LogP contribution in [0.1, 0.15) is 50.5 Å². The van der Waals surface area contributed by atoms with Crippen LogP contribution in [-0.4, -0.2) is 46.7 Å². The summed E-state index contributed by atoms with van der Waals surface area (Å²) in [5.41, 5.74) is 0.550. The molecule has 2 fully saturated rings. The van der Waals surface area contributed by atoms with Crippen molar-refractivity contribution in [3.8, 4) is 5.75 Å². The highest BCUT2D eigenvalue weighted by Crippen LogP contribution is 2.45. The minimum absolute atomic E-state index is 0.00310. The Hall–Kier alpha value is -1.77. The summed E-state index contributed by atoms with van der Waals surface area (Å²) in [7, 11) is 0.881. The number of para-hydroxylation sites is 1. The number of nitrogens with one attached hydrogen (secondary N) is 2. The van der Waals surface area contributed by atoms with E-state index in [1.165, 1.54) is 12.1 Å². The van der Waals surface area contributed by atoms with Gasteiger partial charge in [-0.05, 0) is 37.3 Å². The fourth-order valence-corrected chi connectivity index (χ4v) is 5.34. The summed E-state index contributed by atoms with van der Waals surface area (Å²) in [6.45, 7) is 1.95. The lowest BCUT2D eigenvalue weighted by atomic mass is 9.95. The maximum Gasteiger partial charge on any atom is 0.573 e. The lowest BCUT2D eigenvalue weighted by molar-refractivity contribution is -0.274. The summed E-state index contributed by atoms with van der Waals surface area (Å²) in [5.74, 6) is 1.11. The van der Waals surface area contributed by atoms with Gasteiger partial charge in [0.2, 0.25) is 0 Å². The summed E-state index contributed by atoms with van der Waals surface area (Å²) in [6.07, 6.45) is -0.135. The Balaban J connectivity index is 1.57. The molecule has 0 amide bonds. The van der Waals surface area contributed by atoms with Crippen molar-refractivity contribution in [3.63, 3.8) is 0 Å². The largest absolute Gasteiger partial charge is 0.573 e. The van der Waals surface area contributed by atoms with Crippen LogP contribution in [0.15, 0.2) is 29.3 Å². The van der Waals surface area contributed by atoms with Crippen LogP contribution in [0.4, 0.5) is 13.2 Å². The van der Waals surface area contributed by atoms with Gasteiger partial charge in [0.1, 0.15) is 5.75 Å². The first-order valence-corrected chi connectivity index (χ1v) is 11.4. The molecule has 5 unspecified atom stereocenters. The predicted molar refractivity (Wildman–Crippen MR) is 109 cm³/mol. The number of aliphatic imine (C=N–C) groups is 1. The number of ether oxygens (including phenoxy) is 1. The predicted octanol–water partition coefficient (Wildman–Crippen LogP) is 3.69. The van der Waals surface area contributed by atoms with E-state index in [-0.39, 0.29) is 29.0 Å². The second kappa shape index (κ2) is 9.36. The van der Waals surface area contributed by atoms with Crippen molar-refractivity contribution in [2.75, 3.05) is 12.8 Å². The number of hydrogen-bond acceptors (Lipinski definition) is 3. The Morgan fingerprint density at radius 2 is 2.00 bits per heavy atom. The van der Waals surface area contributed by atoms with Crippen LogP contribution < -0.4 is 15.4 Å². The molecule has 162 valence electrons. The Labute approximate surface area is 172 Å². The topological polar surface area (TPSA) is 62.7 Å². The fourth-order valence-electron chi connectivity index (χ4n) is 3.99. The number of rotatable bonds is 6. The Morgan fingerprint density at radius 3 is 2.69 bits per heavy atom. The lowest BCUT2D eigenvalue weighted by Gasteiger charge is -2.30. The van der Waals surface area contributed by atoms with Gasteiger partial charge in [-0.1, -0.05) is 31.5 Å². The van der Waals surface area contributed by atoms with Crippen molar-refractivity contribution in [1.29, 1.82) is 0 Å². The van der Waals surface area contributed by atoms with Crippen molar-refractivity contribution in [3.05, 3.63) is 29.8 Å². The molecule has 5 nitrogen and oxygen atoms in total. The maximum absolute atomic E-state index is 12.7. The zero-order chi connectivity index (χ0) is 21.0. The van der Waals surface area contributed by atoms with E-state index in [2.05, 4.69) is 20.4 Å². The quantitative estimate of drug-likeness (QED) is 0.533. The minimum Gasteiger partial charge on any atom is -0.405 e. The van der Waals surface area contributed by atoms with Gasteiger partial charge in [0, 0.05) is 46.9 Å². The number of halogens is 3. The van der Waals surface area contributed by atoms with E-state index in [4.69, 9.17) is 0 Å². The van der Waals surface area contributed by atoms with Gasteiger partial charge in [0.25, 0.3) is 0 Å².